The summed E-state index contributed by atoms with van der Waals surface area (Å²) in [5.74, 6) is -0.254. The average Bonchev–Trinajstić information content (AvgIpc) is 2.91. The number of nitrogens with zero attached hydrogens (tertiary/aromatic N) is 1. The van der Waals surface area contributed by atoms with Gasteiger partial charge in [-0.1, -0.05) is 0 Å². The Morgan fingerprint density at radius 2 is 2.38 bits per heavy atom. The van der Waals surface area contributed by atoms with E-state index in [2.05, 4.69) is 10.2 Å². The summed E-state index contributed by atoms with van der Waals surface area (Å²) < 4.78 is 18.8. The number of methoxy groups -OCH3 is 1. The molecule has 0 saturated carbocycles. The highest BCUT2D eigenvalue weighted by atomic mass is 19.1. The van der Waals surface area contributed by atoms with Crippen molar-refractivity contribution in [2.24, 2.45) is 5.92 Å². The molecule has 0 spiro atoms. The Balaban J connectivity index is 1.95. The first-order valence-corrected chi connectivity index (χ1v) is 7.10. The summed E-state index contributed by atoms with van der Waals surface area (Å²) in [5, 5.41) is 2.61. The number of benzene rings is 1. The van der Waals surface area contributed by atoms with E-state index in [0.717, 1.165) is 19.5 Å². The molecule has 2 unspecified atom stereocenters. The van der Waals surface area contributed by atoms with Gasteiger partial charge in [-0.3, -0.25) is 9.69 Å². The normalized spacial score (nSPS) is 20.4. The molecule has 6 heteroatoms. The van der Waals surface area contributed by atoms with Gasteiger partial charge in [0, 0.05) is 19.3 Å². The van der Waals surface area contributed by atoms with Crippen LogP contribution in [0.4, 0.5) is 15.8 Å². The van der Waals surface area contributed by atoms with Gasteiger partial charge in [-0.2, -0.15) is 0 Å². The largest absolute Gasteiger partial charge is 0.399 e. The van der Waals surface area contributed by atoms with Crippen molar-refractivity contribution in [2.75, 3.05) is 37.9 Å². The number of anilines is 2. The Hall–Kier alpha value is -1.66. The van der Waals surface area contributed by atoms with Crippen molar-refractivity contribution in [1.29, 1.82) is 0 Å². The topological polar surface area (TPSA) is 67.6 Å². The van der Waals surface area contributed by atoms with Crippen molar-refractivity contribution in [3.8, 4) is 0 Å². The number of nitrogens with one attached hydrogen (secondary N) is 1. The molecule has 116 valence electrons. The maximum atomic E-state index is 13.6. The van der Waals surface area contributed by atoms with Crippen LogP contribution in [0.15, 0.2) is 18.2 Å². The molecule has 21 heavy (non-hydrogen) atoms. The minimum atomic E-state index is -0.483. The van der Waals surface area contributed by atoms with Gasteiger partial charge in [0.25, 0.3) is 0 Å². The van der Waals surface area contributed by atoms with Gasteiger partial charge >= 0.3 is 0 Å². The van der Waals surface area contributed by atoms with Crippen molar-refractivity contribution in [2.45, 2.75) is 19.4 Å². The maximum absolute atomic E-state index is 13.6. The third kappa shape index (κ3) is 3.92. The lowest BCUT2D eigenvalue weighted by molar-refractivity contribution is -0.120. The van der Waals surface area contributed by atoms with Gasteiger partial charge in [-0.15, -0.1) is 0 Å². The highest BCUT2D eigenvalue weighted by Crippen LogP contribution is 2.21. The molecule has 1 heterocycles. The zero-order chi connectivity index (χ0) is 15.4. The van der Waals surface area contributed by atoms with Crippen molar-refractivity contribution in [1.82, 2.24) is 4.90 Å². The Bertz CT molecular complexity index is 510. The molecule has 0 aromatic heterocycles. The van der Waals surface area contributed by atoms with E-state index in [1.807, 2.05) is 6.92 Å². The van der Waals surface area contributed by atoms with E-state index < -0.39 is 5.82 Å². The lowest BCUT2D eigenvalue weighted by Gasteiger charge is -2.23. The fourth-order valence-corrected chi connectivity index (χ4v) is 2.63. The molecule has 1 aromatic carbocycles. The number of hydrogen-bond acceptors (Lipinski definition) is 4. The van der Waals surface area contributed by atoms with Crippen molar-refractivity contribution in [3.05, 3.63) is 24.0 Å². The van der Waals surface area contributed by atoms with Crippen LogP contribution in [0.1, 0.15) is 13.3 Å². The van der Waals surface area contributed by atoms with Gasteiger partial charge in [0.2, 0.25) is 5.91 Å². The standard InChI is InChI=1S/C15H22FN3O2/c1-10(19-6-5-11(8-19)9-21-2)15(20)18-14-7-12(17)3-4-13(14)16/h3-4,7,10-11H,5-6,8-9,17H2,1-2H3,(H,18,20). The molecule has 0 aliphatic carbocycles. The molecule has 5 nitrogen and oxygen atoms in total. The molecule has 1 aliphatic heterocycles. The van der Waals surface area contributed by atoms with E-state index in [1.54, 1.807) is 7.11 Å². The number of carbonyl (C=O) groups is 1. The van der Waals surface area contributed by atoms with Gasteiger partial charge in [0.1, 0.15) is 5.82 Å². The van der Waals surface area contributed by atoms with E-state index in [4.69, 9.17) is 10.5 Å². The predicted octanol–water partition coefficient (Wildman–Crippen LogP) is 1.70. The molecular weight excluding hydrogens is 273 g/mol. The maximum Gasteiger partial charge on any atom is 0.241 e. The van der Waals surface area contributed by atoms with Gasteiger partial charge in [-0.05, 0) is 44.0 Å². The van der Waals surface area contributed by atoms with Crippen molar-refractivity contribution >= 4 is 17.3 Å². The molecule has 3 N–H and O–H groups in total. The summed E-state index contributed by atoms with van der Waals surface area (Å²) in [6.07, 6.45) is 1.01. The molecule has 0 bridgehead atoms. The summed E-state index contributed by atoms with van der Waals surface area (Å²) in [4.78, 5) is 14.3. The Labute approximate surface area is 124 Å². The van der Waals surface area contributed by atoms with Crippen LogP contribution in [0.3, 0.4) is 0 Å². The van der Waals surface area contributed by atoms with E-state index in [0.29, 0.717) is 18.2 Å². The zero-order valence-electron chi connectivity index (χ0n) is 12.4. The zero-order valence-corrected chi connectivity index (χ0v) is 12.4. The number of rotatable bonds is 5. The van der Waals surface area contributed by atoms with E-state index in [-0.39, 0.29) is 17.6 Å². The number of hydrogen-bond donors (Lipinski definition) is 2. The number of nitrogens with two attached hydrogens (primary N) is 1. The van der Waals surface area contributed by atoms with Gasteiger partial charge < -0.3 is 15.8 Å². The number of carbonyl (C=O) groups excluding carboxylic acids is 1. The van der Waals surface area contributed by atoms with E-state index >= 15 is 0 Å². The summed E-state index contributed by atoms with van der Waals surface area (Å²) >= 11 is 0. The summed E-state index contributed by atoms with van der Waals surface area (Å²) in [7, 11) is 1.68. The minimum absolute atomic E-state index is 0.125. The van der Waals surface area contributed by atoms with Crippen LogP contribution in [-0.2, 0) is 9.53 Å². The third-order valence-corrected chi connectivity index (χ3v) is 3.90. The lowest BCUT2D eigenvalue weighted by atomic mass is 10.1. The highest BCUT2D eigenvalue weighted by Gasteiger charge is 2.29. The van der Waals surface area contributed by atoms with Crippen molar-refractivity contribution < 1.29 is 13.9 Å². The quantitative estimate of drug-likeness (QED) is 0.811. The lowest BCUT2D eigenvalue weighted by Crippen LogP contribution is -2.41. The van der Waals surface area contributed by atoms with Crippen molar-refractivity contribution in [3.63, 3.8) is 0 Å². The Morgan fingerprint density at radius 1 is 1.62 bits per heavy atom. The van der Waals surface area contributed by atoms with Gasteiger partial charge in [-0.25, -0.2) is 4.39 Å². The second-order valence-electron chi connectivity index (χ2n) is 5.51. The van der Waals surface area contributed by atoms with E-state index in [9.17, 15) is 9.18 Å². The first kappa shape index (κ1) is 15.7. The molecule has 2 atom stereocenters. The first-order chi connectivity index (χ1) is 10.0. The van der Waals surface area contributed by atoms with Crippen LogP contribution in [0, 0.1) is 11.7 Å². The fraction of sp³-hybridized carbons (Fsp3) is 0.533. The van der Waals surface area contributed by atoms with Gasteiger partial charge in [0.15, 0.2) is 0 Å². The monoisotopic (exact) mass is 295 g/mol. The molecule has 1 aromatic rings. The van der Waals surface area contributed by atoms with Gasteiger partial charge in [0.05, 0.1) is 18.3 Å². The molecule has 1 aliphatic rings. The van der Waals surface area contributed by atoms with Crippen LogP contribution >= 0.6 is 0 Å². The van der Waals surface area contributed by atoms with Crippen LogP contribution in [0.2, 0.25) is 0 Å². The number of nitrogen functional groups attached to an aromatic ring is 1. The van der Waals surface area contributed by atoms with E-state index in [1.165, 1.54) is 18.2 Å². The Kier molecular flexibility index (Phi) is 5.14. The van der Waals surface area contributed by atoms with Crippen LogP contribution < -0.4 is 11.1 Å². The van der Waals surface area contributed by atoms with Crippen LogP contribution in [0.25, 0.3) is 0 Å². The smallest absolute Gasteiger partial charge is 0.241 e. The summed E-state index contributed by atoms with van der Waals surface area (Å²) in [5.41, 5.74) is 6.15. The number of ether oxygens (including phenoxy) is 1. The SMILES string of the molecule is COCC1CCN(C(C)C(=O)Nc2cc(N)ccc2F)C1. The predicted molar refractivity (Wildman–Crippen MR) is 80.5 cm³/mol. The molecule has 2 rings (SSSR count). The first-order valence-electron chi connectivity index (χ1n) is 7.10. The Morgan fingerprint density at radius 3 is 3.10 bits per heavy atom. The number of amides is 1. The summed E-state index contributed by atoms with van der Waals surface area (Å²) in [6.45, 7) is 4.20. The highest BCUT2D eigenvalue weighted by molar-refractivity contribution is 5.95. The summed E-state index contributed by atoms with van der Waals surface area (Å²) in [6, 6.07) is 3.83. The molecule has 1 amide bonds. The second-order valence-corrected chi connectivity index (χ2v) is 5.51. The second kappa shape index (κ2) is 6.87. The minimum Gasteiger partial charge on any atom is -0.399 e. The molecule has 1 saturated heterocycles. The van der Waals surface area contributed by atoms with Crippen LogP contribution in [-0.4, -0.2) is 43.7 Å². The molecule has 0 radical (unpaired) electrons. The fourth-order valence-electron chi connectivity index (χ4n) is 2.63. The number of likely N-dealkylation sites (tertiary alicyclic amines) is 1. The number of halogens is 1. The molecular formula is C15H22FN3O2. The third-order valence-electron chi connectivity index (χ3n) is 3.90. The van der Waals surface area contributed by atoms with Crippen LogP contribution in [0.5, 0.6) is 0 Å². The molecule has 1 fully saturated rings. The average molecular weight is 295 g/mol.